The van der Waals surface area contributed by atoms with Gasteiger partial charge < -0.3 is 4.74 Å². The maximum Gasteiger partial charge on any atom is 0.357 e. The van der Waals surface area contributed by atoms with E-state index in [1.807, 2.05) is 0 Å². The summed E-state index contributed by atoms with van der Waals surface area (Å²) in [6, 6.07) is 0. The van der Waals surface area contributed by atoms with E-state index in [1.54, 1.807) is 25.2 Å². The van der Waals surface area contributed by atoms with Gasteiger partial charge >= 0.3 is 5.97 Å². The van der Waals surface area contributed by atoms with Crippen LogP contribution in [0, 0.1) is 0 Å². The van der Waals surface area contributed by atoms with Crippen molar-refractivity contribution in [2.24, 2.45) is 0 Å². The van der Waals surface area contributed by atoms with Crippen molar-refractivity contribution in [2.45, 2.75) is 6.92 Å². The van der Waals surface area contributed by atoms with Crippen molar-refractivity contribution < 1.29 is 9.53 Å². The number of carbonyl (C=O) groups is 1. The summed E-state index contributed by atoms with van der Waals surface area (Å²) in [5.74, 6) is -0.343. The molecule has 0 unspecified atom stereocenters. The molecule has 5 nitrogen and oxygen atoms in total. The number of nitrogens with zero attached hydrogens (tertiary/aromatic N) is 1. The van der Waals surface area contributed by atoms with Crippen LogP contribution in [0.4, 0.5) is 0 Å². The van der Waals surface area contributed by atoms with Gasteiger partial charge in [0.2, 0.25) is 0 Å². The Balaban J connectivity index is 2.48. The van der Waals surface area contributed by atoms with Crippen LogP contribution in [0.3, 0.4) is 0 Å². The molecule has 0 aromatic rings. The molecule has 0 radical (unpaired) electrons. The van der Waals surface area contributed by atoms with E-state index in [0.29, 0.717) is 12.3 Å². The van der Waals surface area contributed by atoms with Crippen molar-refractivity contribution in [3.8, 4) is 0 Å². The molecule has 1 rings (SSSR count). The van der Waals surface area contributed by atoms with E-state index >= 15 is 0 Å². The van der Waals surface area contributed by atoms with E-state index in [0.717, 1.165) is 0 Å². The van der Waals surface area contributed by atoms with Crippen LogP contribution in [0.15, 0.2) is 11.9 Å². The van der Waals surface area contributed by atoms with E-state index in [2.05, 4.69) is 11.0 Å². The van der Waals surface area contributed by atoms with Gasteiger partial charge in [0, 0.05) is 13.2 Å². The van der Waals surface area contributed by atoms with Gasteiger partial charge in [-0.15, -0.1) is 5.53 Å². The first kappa shape index (κ1) is 7.87. The second kappa shape index (κ2) is 3.25. The molecule has 0 bridgehead atoms. The molecule has 0 aliphatic carbocycles. The Morgan fingerprint density at radius 3 is 3.00 bits per heavy atom. The van der Waals surface area contributed by atoms with Crippen LogP contribution < -0.4 is 11.0 Å². The summed E-state index contributed by atoms with van der Waals surface area (Å²) in [6.07, 6.45) is 1.62. The van der Waals surface area contributed by atoms with Crippen LogP contribution in [0.5, 0.6) is 0 Å². The maximum absolute atomic E-state index is 11.0. The zero-order valence-corrected chi connectivity index (χ0v) is 6.55. The normalized spacial score (nSPS) is 15.8. The molecule has 0 amide bonds. The molecule has 5 heteroatoms. The monoisotopic (exact) mass is 157 g/mol. The van der Waals surface area contributed by atoms with Crippen molar-refractivity contribution in [2.75, 3.05) is 13.7 Å². The minimum absolute atomic E-state index is 0.343. The number of hydrogen-bond donors (Lipinski definition) is 2. The Labute approximate surface area is 64.9 Å². The fraction of sp³-hybridized carbons (Fsp3) is 0.500. The topological polar surface area (TPSA) is 53.6 Å². The Bertz CT molecular complexity index is 190. The molecule has 0 aromatic carbocycles. The van der Waals surface area contributed by atoms with Crippen LogP contribution in [0.25, 0.3) is 0 Å². The van der Waals surface area contributed by atoms with E-state index in [4.69, 9.17) is 4.74 Å². The third kappa shape index (κ3) is 1.84. The molecular weight excluding hydrogens is 146 g/mol. The van der Waals surface area contributed by atoms with Gasteiger partial charge in [-0.2, -0.15) is 0 Å². The molecule has 0 saturated heterocycles. The molecule has 11 heavy (non-hydrogen) atoms. The molecule has 0 aromatic heterocycles. The Morgan fingerprint density at radius 1 is 1.82 bits per heavy atom. The standard InChI is InChI=1S/C6H11N3O2/c1-3-11-6(10)5-4-9(2)8-7-5/h4,7-8H,3H2,1-2H3. The summed E-state index contributed by atoms with van der Waals surface area (Å²) in [5.41, 5.74) is 5.78. The van der Waals surface area contributed by atoms with Crippen molar-refractivity contribution >= 4 is 5.97 Å². The molecule has 62 valence electrons. The summed E-state index contributed by atoms with van der Waals surface area (Å²) in [5, 5.41) is 1.63. The quantitative estimate of drug-likeness (QED) is 0.521. The molecule has 2 N–H and O–H groups in total. The highest BCUT2D eigenvalue weighted by Crippen LogP contribution is 1.98. The number of esters is 1. The Kier molecular flexibility index (Phi) is 2.32. The SMILES string of the molecule is CCOC(=O)C1=CN(C)NN1. The maximum atomic E-state index is 11.0. The zero-order chi connectivity index (χ0) is 8.27. The molecule has 0 spiro atoms. The van der Waals surface area contributed by atoms with Gasteiger partial charge in [-0.05, 0) is 6.92 Å². The zero-order valence-electron chi connectivity index (χ0n) is 6.55. The van der Waals surface area contributed by atoms with E-state index in [-0.39, 0.29) is 5.97 Å². The fourth-order valence-corrected chi connectivity index (χ4v) is 0.719. The summed E-state index contributed by atoms with van der Waals surface area (Å²) in [6.45, 7) is 2.16. The lowest BCUT2D eigenvalue weighted by atomic mass is 10.5. The summed E-state index contributed by atoms with van der Waals surface area (Å²) >= 11 is 0. The van der Waals surface area contributed by atoms with Gasteiger partial charge in [-0.25, -0.2) is 4.79 Å². The highest BCUT2D eigenvalue weighted by Gasteiger charge is 2.15. The summed E-state index contributed by atoms with van der Waals surface area (Å²) in [4.78, 5) is 11.0. The van der Waals surface area contributed by atoms with Crippen LogP contribution in [-0.4, -0.2) is 24.6 Å². The molecule has 1 aliphatic heterocycles. The third-order valence-corrected chi connectivity index (χ3v) is 1.19. The lowest BCUT2D eigenvalue weighted by Crippen LogP contribution is -2.35. The minimum atomic E-state index is -0.343. The first-order valence-corrected chi connectivity index (χ1v) is 3.37. The number of ether oxygens (including phenoxy) is 1. The predicted molar refractivity (Wildman–Crippen MR) is 38.8 cm³/mol. The number of rotatable bonds is 2. The highest BCUT2D eigenvalue weighted by molar-refractivity contribution is 5.87. The van der Waals surface area contributed by atoms with Gasteiger partial charge in [0.05, 0.1) is 6.61 Å². The van der Waals surface area contributed by atoms with Gasteiger partial charge in [-0.1, -0.05) is 0 Å². The van der Waals surface area contributed by atoms with Gasteiger partial charge in [0.15, 0.2) is 5.70 Å². The summed E-state index contributed by atoms with van der Waals surface area (Å²) < 4.78 is 4.74. The van der Waals surface area contributed by atoms with Crippen molar-refractivity contribution in [1.82, 2.24) is 16.0 Å². The van der Waals surface area contributed by atoms with Crippen molar-refractivity contribution in [3.63, 3.8) is 0 Å². The first-order valence-electron chi connectivity index (χ1n) is 3.37. The average molecular weight is 157 g/mol. The van der Waals surface area contributed by atoms with Crippen molar-refractivity contribution in [3.05, 3.63) is 11.9 Å². The van der Waals surface area contributed by atoms with Crippen LogP contribution >= 0.6 is 0 Å². The fourth-order valence-electron chi connectivity index (χ4n) is 0.719. The molecule has 0 saturated carbocycles. The lowest BCUT2D eigenvalue weighted by molar-refractivity contribution is -0.138. The minimum Gasteiger partial charge on any atom is -0.461 e. The van der Waals surface area contributed by atoms with Gasteiger partial charge in [0.25, 0.3) is 0 Å². The second-order valence-corrected chi connectivity index (χ2v) is 2.11. The number of carbonyl (C=O) groups excluding carboxylic acids is 1. The number of nitrogens with one attached hydrogen (secondary N) is 2. The molecule has 1 aliphatic rings. The van der Waals surface area contributed by atoms with Gasteiger partial charge in [-0.3, -0.25) is 10.4 Å². The largest absolute Gasteiger partial charge is 0.461 e. The molecule has 0 atom stereocenters. The third-order valence-electron chi connectivity index (χ3n) is 1.19. The lowest BCUT2D eigenvalue weighted by Gasteiger charge is -2.05. The smallest absolute Gasteiger partial charge is 0.357 e. The van der Waals surface area contributed by atoms with E-state index < -0.39 is 0 Å². The predicted octanol–water partition coefficient (Wildman–Crippen LogP) is -0.654. The number of hydrazine groups is 2. The van der Waals surface area contributed by atoms with Crippen LogP contribution in [0.1, 0.15) is 6.92 Å². The Morgan fingerprint density at radius 2 is 2.55 bits per heavy atom. The molecule has 0 fully saturated rings. The van der Waals surface area contributed by atoms with Gasteiger partial charge in [0.1, 0.15) is 0 Å². The number of hydrogen-bond acceptors (Lipinski definition) is 5. The van der Waals surface area contributed by atoms with E-state index in [9.17, 15) is 4.79 Å². The second-order valence-electron chi connectivity index (χ2n) is 2.11. The average Bonchev–Trinajstić information content (AvgIpc) is 2.36. The van der Waals surface area contributed by atoms with Crippen LogP contribution in [-0.2, 0) is 9.53 Å². The van der Waals surface area contributed by atoms with E-state index in [1.165, 1.54) is 0 Å². The van der Waals surface area contributed by atoms with Crippen molar-refractivity contribution in [1.29, 1.82) is 0 Å². The Hall–Kier alpha value is -1.23. The highest BCUT2D eigenvalue weighted by atomic mass is 16.5. The summed E-state index contributed by atoms with van der Waals surface area (Å²) in [7, 11) is 1.78. The first-order chi connectivity index (χ1) is 5.24. The van der Waals surface area contributed by atoms with Crippen LogP contribution in [0.2, 0.25) is 0 Å². The molecular formula is C6H11N3O2. The molecule has 1 heterocycles.